The van der Waals surface area contributed by atoms with Crippen molar-refractivity contribution in [3.8, 4) is 5.75 Å². The fourth-order valence-corrected chi connectivity index (χ4v) is 6.50. The first-order valence-corrected chi connectivity index (χ1v) is 17.1. The summed E-state index contributed by atoms with van der Waals surface area (Å²) < 4.78 is 35.0. The number of nitrogens with one attached hydrogen (secondary N) is 1. The van der Waals surface area contributed by atoms with E-state index in [1.54, 1.807) is 42.5 Å². The summed E-state index contributed by atoms with van der Waals surface area (Å²) in [6.07, 6.45) is 0.982. The van der Waals surface area contributed by atoms with Crippen molar-refractivity contribution < 1.29 is 22.7 Å². The molecule has 242 valence electrons. The Balaban J connectivity index is 1.79. The second kappa shape index (κ2) is 16.1. The number of hydrogen-bond acceptors (Lipinski definition) is 5. The van der Waals surface area contributed by atoms with Crippen molar-refractivity contribution in [2.45, 2.75) is 64.1 Å². The lowest BCUT2D eigenvalue weighted by atomic mass is 10.0. The summed E-state index contributed by atoms with van der Waals surface area (Å²) >= 11 is 0. The molecule has 0 spiro atoms. The maximum absolute atomic E-state index is 14.6. The van der Waals surface area contributed by atoms with Gasteiger partial charge in [0.2, 0.25) is 11.8 Å². The number of hydrogen-bond donors (Lipinski definition) is 1. The SMILES string of the molecule is CCOc1ccc(S(=O)(=O)N(CC(=O)N(Cc2ccccc2C)C(Cc2ccccc2)C(=O)NC(C)CC)c2ccccc2)cc1. The molecule has 0 saturated carbocycles. The summed E-state index contributed by atoms with van der Waals surface area (Å²) in [5.41, 5.74) is 3.05. The van der Waals surface area contributed by atoms with Crippen LogP contribution in [0.25, 0.3) is 0 Å². The number of carbonyl (C=O) groups is 2. The summed E-state index contributed by atoms with van der Waals surface area (Å²) in [4.78, 5) is 30.1. The molecule has 0 radical (unpaired) electrons. The summed E-state index contributed by atoms with van der Waals surface area (Å²) in [6.45, 7) is 7.78. The predicted molar refractivity (Wildman–Crippen MR) is 182 cm³/mol. The van der Waals surface area contributed by atoms with Crippen LogP contribution in [0.1, 0.15) is 43.9 Å². The van der Waals surface area contributed by atoms with Crippen LogP contribution in [0.2, 0.25) is 0 Å². The largest absolute Gasteiger partial charge is 0.494 e. The van der Waals surface area contributed by atoms with Crippen LogP contribution >= 0.6 is 0 Å². The molecule has 4 aromatic rings. The fourth-order valence-electron chi connectivity index (χ4n) is 5.09. The molecule has 0 saturated heterocycles. The molecular weight excluding hydrogens is 598 g/mol. The number of benzene rings is 4. The molecule has 2 amide bonds. The van der Waals surface area contributed by atoms with Crippen molar-refractivity contribution in [3.05, 3.63) is 126 Å². The van der Waals surface area contributed by atoms with Gasteiger partial charge in [0.05, 0.1) is 17.2 Å². The normalized spacial score (nSPS) is 12.5. The quantitative estimate of drug-likeness (QED) is 0.168. The minimum atomic E-state index is -4.19. The van der Waals surface area contributed by atoms with Gasteiger partial charge in [0, 0.05) is 19.0 Å². The van der Waals surface area contributed by atoms with Gasteiger partial charge in [-0.25, -0.2) is 8.42 Å². The second-order valence-electron chi connectivity index (χ2n) is 11.2. The molecule has 4 rings (SSSR count). The van der Waals surface area contributed by atoms with Crippen LogP contribution in [0.4, 0.5) is 5.69 Å². The Morgan fingerprint density at radius 2 is 1.43 bits per heavy atom. The van der Waals surface area contributed by atoms with Gasteiger partial charge in [0.15, 0.2) is 0 Å². The van der Waals surface area contributed by atoms with Gasteiger partial charge in [-0.2, -0.15) is 0 Å². The van der Waals surface area contributed by atoms with E-state index in [2.05, 4.69) is 5.32 Å². The number of sulfonamides is 1. The summed E-state index contributed by atoms with van der Waals surface area (Å²) in [7, 11) is -4.19. The maximum Gasteiger partial charge on any atom is 0.264 e. The van der Waals surface area contributed by atoms with Gasteiger partial charge in [-0.3, -0.25) is 13.9 Å². The predicted octanol–water partition coefficient (Wildman–Crippen LogP) is 6.14. The van der Waals surface area contributed by atoms with E-state index in [4.69, 9.17) is 4.74 Å². The van der Waals surface area contributed by atoms with Crippen molar-refractivity contribution in [1.29, 1.82) is 0 Å². The molecule has 4 aromatic carbocycles. The van der Waals surface area contributed by atoms with E-state index in [0.717, 1.165) is 27.4 Å². The maximum atomic E-state index is 14.6. The molecule has 0 bridgehead atoms. The van der Waals surface area contributed by atoms with Crippen molar-refractivity contribution in [3.63, 3.8) is 0 Å². The third kappa shape index (κ3) is 8.75. The van der Waals surface area contributed by atoms with Gasteiger partial charge >= 0.3 is 0 Å². The van der Waals surface area contributed by atoms with Crippen molar-refractivity contribution in [2.75, 3.05) is 17.5 Å². The second-order valence-corrected chi connectivity index (χ2v) is 13.1. The first kappa shape index (κ1) is 34.2. The molecule has 2 unspecified atom stereocenters. The number of anilines is 1. The van der Waals surface area contributed by atoms with Crippen molar-refractivity contribution >= 4 is 27.5 Å². The molecule has 0 aliphatic carbocycles. The van der Waals surface area contributed by atoms with E-state index >= 15 is 0 Å². The molecular formula is C37H43N3O5S. The van der Waals surface area contributed by atoms with E-state index in [9.17, 15) is 18.0 Å². The molecule has 0 aromatic heterocycles. The van der Waals surface area contributed by atoms with Crippen LogP contribution in [0.15, 0.2) is 114 Å². The fraction of sp³-hybridized carbons (Fsp3) is 0.297. The van der Waals surface area contributed by atoms with Gasteiger partial charge in [0.1, 0.15) is 18.3 Å². The third-order valence-corrected chi connectivity index (χ3v) is 9.71. The van der Waals surface area contributed by atoms with Crippen LogP contribution < -0.4 is 14.4 Å². The summed E-state index contributed by atoms with van der Waals surface area (Å²) in [5, 5.41) is 3.07. The minimum Gasteiger partial charge on any atom is -0.494 e. The van der Waals surface area contributed by atoms with Crippen molar-refractivity contribution in [2.24, 2.45) is 0 Å². The number of carbonyl (C=O) groups excluding carboxylic acids is 2. The average molecular weight is 642 g/mol. The Hall–Kier alpha value is -4.63. The highest BCUT2D eigenvalue weighted by molar-refractivity contribution is 7.92. The molecule has 9 heteroatoms. The number of nitrogens with zero attached hydrogens (tertiary/aromatic N) is 2. The molecule has 46 heavy (non-hydrogen) atoms. The lowest BCUT2D eigenvalue weighted by Crippen LogP contribution is -2.54. The third-order valence-electron chi connectivity index (χ3n) is 7.92. The standard InChI is InChI=1S/C37H43N3O5S/c1-5-29(4)38-37(42)35(25-30-16-9-7-10-17-30)39(26-31-18-14-13-15-28(31)3)36(41)27-40(32-19-11-8-12-20-32)46(43,44)34-23-21-33(22-24-34)45-6-2/h7-24,29,35H,5-6,25-27H2,1-4H3,(H,38,42). The molecule has 0 aliphatic rings. The summed E-state index contributed by atoms with van der Waals surface area (Å²) in [5.74, 6) is -0.244. The Labute approximate surface area is 273 Å². The van der Waals surface area contributed by atoms with Gasteiger partial charge in [0.25, 0.3) is 10.0 Å². The summed E-state index contributed by atoms with van der Waals surface area (Å²) in [6, 6.07) is 30.9. The molecule has 2 atom stereocenters. The smallest absolute Gasteiger partial charge is 0.264 e. The van der Waals surface area contributed by atoms with E-state index < -0.39 is 28.5 Å². The number of aryl methyl sites for hydroxylation is 1. The Kier molecular flexibility index (Phi) is 12.0. The average Bonchev–Trinajstić information content (AvgIpc) is 3.07. The zero-order valence-electron chi connectivity index (χ0n) is 26.9. The van der Waals surface area contributed by atoms with E-state index in [0.29, 0.717) is 18.0 Å². The van der Waals surface area contributed by atoms with Gasteiger partial charge in [-0.1, -0.05) is 79.7 Å². The van der Waals surface area contributed by atoms with E-state index in [1.165, 1.54) is 17.0 Å². The lowest BCUT2D eigenvalue weighted by molar-refractivity contribution is -0.140. The van der Waals surface area contributed by atoms with Crippen LogP contribution in [0, 0.1) is 6.92 Å². The zero-order chi connectivity index (χ0) is 33.1. The molecule has 0 aliphatic heterocycles. The Morgan fingerprint density at radius 3 is 2.04 bits per heavy atom. The van der Waals surface area contributed by atoms with Crippen LogP contribution in [-0.4, -0.2) is 50.4 Å². The first-order chi connectivity index (χ1) is 22.1. The number of ether oxygens (including phenoxy) is 1. The highest BCUT2D eigenvalue weighted by atomic mass is 32.2. The minimum absolute atomic E-state index is 0.0217. The monoisotopic (exact) mass is 641 g/mol. The Bertz CT molecular complexity index is 1680. The molecule has 0 fully saturated rings. The van der Waals surface area contributed by atoms with Crippen LogP contribution in [-0.2, 0) is 32.6 Å². The topological polar surface area (TPSA) is 96.0 Å². The van der Waals surface area contributed by atoms with Crippen LogP contribution in [0.5, 0.6) is 5.75 Å². The van der Waals surface area contributed by atoms with Crippen molar-refractivity contribution in [1.82, 2.24) is 10.2 Å². The number of amides is 2. The molecule has 0 heterocycles. The van der Waals surface area contributed by atoms with E-state index in [-0.39, 0.29) is 29.8 Å². The number of rotatable bonds is 15. The Morgan fingerprint density at radius 1 is 0.826 bits per heavy atom. The molecule has 8 nitrogen and oxygen atoms in total. The highest BCUT2D eigenvalue weighted by Crippen LogP contribution is 2.26. The van der Waals surface area contributed by atoms with Gasteiger partial charge in [-0.15, -0.1) is 0 Å². The van der Waals surface area contributed by atoms with Gasteiger partial charge < -0.3 is 15.0 Å². The zero-order valence-corrected chi connectivity index (χ0v) is 27.7. The van der Waals surface area contributed by atoms with Gasteiger partial charge in [-0.05, 0) is 80.3 Å². The number of para-hydroxylation sites is 1. The molecule has 1 N–H and O–H groups in total. The highest BCUT2D eigenvalue weighted by Gasteiger charge is 2.35. The first-order valence-electron chi connectivity index (χ1n) is 15.6. The van der Waals surface area contributed by atoms with E-state index in [1.807, 2.05) is 82.3 Å². The lowest BCUT2D eigenvalue weighted by Gasteiger charge is -2.34. The van der Waals surface area contributed by atoms with Crippen LogP contribution in [0.3, 0.4) is 0 Å².